The smallest absolute Gasteiger partial charge is 0.114 e. The Labute approximate surface area is 128 Å². The van der Waals surface area contributed by atoms with Crippen molar-refractivity contribution in [2.75, 3.05) is 5.32 Å². The number of halogens is 2. The molecule has 0 spiro atoms. The standard InChI is InChI=1S/C13H10ClIN4/c14-9-1-6-13-12(7-9)17-18-19(13)8-16-11-4-2-10(15)3-5-11/h1-7,16H,8H2. The van der Waals surface area contributed by atoms with Crippen LogP contribution in [0.25, 0.3) is 11.0 Å². The Morgan fingerprint density at radius 1 is 1.16 bits per heavy atom. The first-order valence-electron chi connectivity index (χ1n) is 5.70. The van der Waals surface area contributed by atoms with E-state index in [1.165, 1.54) is 3.57 Å². The number of fused-ring (bicyclic) bond motifs is 1. The van der Waals surface area contributed by atoms with E-state index in [0.717, 1.165) is 16.7 Å². The molecule has 3 rings (SSSR count). The first-order chi connectivity index (χ1) is 9.22. The van der Waals surface area contributed by atoms with Gasteiger partial charge in [0.2, 0.25) is 0 Å². The highest BCUT2D eigenvalue weighted by molar-refractivity contribution is 14.1. The molecule has 0 atom stereocenters. The number of hydrogen-bond donors (Lipinski definition) is 1. The van der Waals surface area contributed by atoms with Crippen LogP contribution in [0.4, 0.5) is 5.69 Å². The summed E-state index contributed by atoms with van der Waals surface area (Å²) >= 11 is 8.20. The minimum atomic E-state index is 0.568. The summed E-state index contributed by atoms with van der Waals surface area (Å²) in [5, 5.41) is 12.2. The Hall–Kier alpha value is -1.34. The van der Waals surface area contributed by atoms with Crippen molar-refractivity contribution in [3.63, 3.8) is 0 Å². The summed E-state index contributed by atoms with van der Waals surface area (Å²) in [6.07, 6.45) is 0. The predicted molar refractivity (Wildman–Crippen MR) is 85.3 cm³/mol. The maximum atomic E-state index is 5.92. The average Bonchev–Trinajstić information content (AvgIpc) is 2.80. The van der Waals surface area contributed by atoms with Crippen LogP contribution in [0.5, 0.6) is 0 Å². The highest BCUT2D eigenvalue weighted by Gasteiger charge is 2.04. The van der Waals surface area contributed by atoms with Crippen LogP contribution >= 0.6 is 34.2 Å². The maximum absolute atomic E-state index is 5.92. The molecule has 4 nitrogen and oxygen atoms in total. The molecule has 19 heavy (non-hydrogen) atoms. The summed E-state index contributed by atoms with van der Waals surface area (Å²) in [4.78, 5) is 0. The van der Waals surface area contributed by atoms with Gasteiger partial charge < -0.3 is 5.32 Å². The summed E-state index contributed by atoms with van der Waals surface area (Å²) in [7, 11) is 0. The van der Waals surface area contributed by atoms with Crippen LogP contribution in [0.3, 0.4) is 0 Å². The maximum Gasteiger partial charge on any atom is 0.114 e. The fourth-order valence-corrected chi connectivity index (χ4v) is 2.32. The zero-order valence-electron chi connectivity index (χ0n) is 9.85. The fraction of sp³-hybridized carbons (Fsp3) is 0.0769. The second-order valence-corrected chi connectivity index (χ2v) is 5.75. The summed E-state index contributed by atoms with van der Waals surface area (Å²) in [5.41, 5.74) is 2.82. The topological polar surface area (TPSA) is 42.7 Å². The van der Waals surface area contributed by atoms with Crippen molar-refractivity contribution in [3.8, 4) is 0 Å². The number of rotatable bonds is 3. The monoisotopic (exact) mass is 384 g/mol. The van der Waals surface area contributed by atoms with E-state index in [9.17, 15) is 0 Å². The predicted octanol–water partition coefficient (Wildman–Crippen LogP) is 3.76. The van der Waals surface area contributed by atoms with Crippen molar-refractivity contribution >= 4 is 50.9 Å². The SMILES string of the molecule is Clc1ccc2c(c1)nnn2CNc1ccc(I)cc1. The lowest BCUT2D eigenvalue weighted by Crippen LogP contribution is -2.09. The number of benzene rings is 2. The van der Waals surface area contributed by atoms with E-state index in [2.05, 4.69) is 50.4 Å². The van der Waals surface area contributed by atoms with Gasteiger partial charge in [-0.05, 0) is 65.1 Å². The molecule has 1 aromatic heterocycles. The molecule has 6 heteroatoms. The lowest BCUT2D eigenvalue weighted by molar-refractivity contribution is 0.655. The van der Waals surface area contributed by atoms with Gasteiger partial charge in [-0.25, -0.2) is 4.68 Å². The molecule has 1 N–H and O–H groups in total. The highest BCUT2D eigenvalue weighted by Crippen LogP contribution is 2.17. The van der Waals surface area contributed by atoms with Crippen LogP contribution in [0, 0.1) is 3.57 Å². The molecular formula is C13H10ClIN4. The molecule has 0 radical (unpaired) electrons. The molecule has 0 aliphatic heterocycles. The van der Waals surface area contributed by atoms with Crippen LogP contribution < -0.4 is 5.32 Å². The van der Waals surface area contributed by atoms with Crippen molar-refractivity contribution in [1.82, 2.24) is 15.0 Å². The molecule has 1 heterocycles. The van der Waals surface area contributed by atoms with E-state index in [-0.39, 0.29) is 0 Å². The third kappa shape index (κ3) is 2.82. The zero-order valence-corrected chi connectivity index (χ0v) is 12.8. The van der Waals surface area contributed by atoms with Gasteiger partial charge in [0.1, 0.15) is 12.2 Å². The van der Waals surface area contributed by atoms with E-state index in [4.69, 9.17) is 11.6 Å². The van der Waals surface area contributed by atoms with Crippen LogP contribution in [0.2, 0.25) is 5.02 Å². The van der Waals surface area contributed by atoms with Gasteiger partial charge in [0.15, 0.2) is 0 Å². The lowest BCUT2D eigenvalue weighted by atomic mass is 10.3. The minimum absolute atomic E-state index is 0.568. The quantitative estimate of drug-likeness (QED) is 0.699. The molecule has 3 aromatic rings. The Morgan fingerprint density at radius 3 is 2.74 bits per heavy atom. The van der Waals surface area contributed by atoms with Crippen LogP contribution in [-0.4, -0.2) is 15.0 Å². The molecule has 2 aromatic carbocycles. The van der Waals surface area contributed by atoms with Crippen molar-refractivity contribution in [1.29, 1.82) is 0 Å². The molecule has 0 amide bonds. The number of hydrogen-bond acceptors (Lipinski definition) is 3. The summed E-state index contributed by atoms with van der Waals surface area (Å²) in [6, 6.07) is 13.8. The first-order valence-corrected chi connectivity index (χ1v) is 7.16. The van der Waals surface area contributed by atoms with E-state index >= 15 is 0 Å². The van der Waals surface area contributed by atoms with Gasteiger partial charge in [-0.3, -0.25) is 0 Å². The molecule has 0 bridgehead atoms. The molecule has 0 unspecified atom stereocenters. The second kappa shape index (κ2) is 5.34. The van der Waals surface area contributed by atoms with Gasteiger partial charge in [0.05, 0.1) is 5.52 Å². The largest absolute Gasteiger partial charge is 0.366 e. The van der Waals surface area contributed by atoms with E-state index in [0.29, 0.717) is 11.7 Å². The zero-order chi connectivity index (χ0) is 13.2. The average molecular weight is 385 g/mol. The molecular weight excluding hydrogens is 375 g/mol. The van der Waals surface area contributed by atoms with E-state index < -0.39 is 0 Å². The van der Waals surface area contributed by atoms with Gasteiger partial charge in [0.25, 0.3) is 0 Å². The first kappa shape index (κ1) is 12.7. The molecule has 0 fully saturated rings. The normalized spacial score (nSPS) is 10.8. The number of anilines is 1. The van der Waals surface area contributed by atoms with Crippen molar-refractivity contribution in [2.24, 2.45) is 0 Å². The Balaban J connectivity index is 1.80. The summed E-state index contributed by atoms with van der Waals surface area (Å²) < 4.78 is 3.02. The van der Waals surface area contributed by atoms with Crippen LogP contribution in [-0.2, 0) is 6.67 Å². The van der Waals surface area contributed by atoms with Gasteiger partial charge in [-0.1, -0.05) is 16.8 Å². The number of aromatic nitrogens is 3. The summed E-state index contributed by atoms with van der Waals surface area (Å²) in [6.45, 7) is 0.568. The van der Waals surface area contributed by atoms with Gasteiger partial charge in [0, 0.05) is 14.3 Å². The summed E-state index contributed by atoms with van der Waals surface area (Å²) in [5.74, 6) is 0. The van der Waals surface area contributed by atoms with Crippen LogP contribution in [0.1, 0.15) is 0 Å². The molecule has 0 aliphatic carbocycles. The Bertz CT molecular complexity index is 708. The van der Waals surface area contributed by atoms with Gasteiger partial charge in [-0.15, -0.1) is 5.10 Å². The fourth-order valence-electron chi connectivity index (χ4n) is 1.80. The Kier molecular flexibility index (Phi) is 3.56. The molecule has 0 saturated carbocycles. The second-order valence-electron chi connectivity index (χ2n) is 4.06. The third-order valence-corrected chi connectivity index (χ3v) is 3.71. The molecule has 96 valence electrons. The van der Waals surface area contributed by atoms with E-state index in [1.54, 1.807) is 0 Å². The minimum Gasteiger partial charge on any atom is -0.366 e. The van der Waals surface area contributed by atoms with E-state index in [1.807, 2.05) is 35.0 Å². The molecule has 0 saturated heterocycles. The van der Waals surface area contributed by atoms with Gasteiger partial charge in [-0.2, -0.15) is 0 Å². The Morgan fingerprint density at radius 2 is 1.95 bits per heavy atom. The lowest BCUT2D eigenvalue weighted by Gasteiger charge is -2.06. The number of nitrogens with one attached hydrogen (secondary N) is 1. The van der Waals surface area contributed by atoms with Crippen molar-refractivity contribution in [3.05, 3.63) is 51.1 Å². The van der Waals surface area contributed by atoms with Crippen molar-refractivity contribution < 1.29 is 0 Å². The number of nitrogens with zero attached hydrogens (tertiary/aromatic N) is 3. The molecule has 0 aliphatic rings. The highest BCUT2D eigenvalue weighted by atomic mass is 127. The van der Waals surface area contributed by atoms with Crippen LogP contribution in [0.15, 0.2) is 42.5 Å². The third-order valence-electron chi connectivity index (χ3n) is 2.75. The van der Waals surface area contributed by atoms with Crippen molar-refractivity contribution in [2.45, 2.75) is 6.67 Å². The van der Waals surface area contributed by atoms with Gasteiger partial charge >= 0.3 is 0 Å².